The molecular weight excluding hydrogens is 183 g/mol. The third kappa shape index (κ3) is 8.66. The van der Waals surface area contributed by atoms with Gasteiger partial charge in [-0.25, -0.2) is 0 Å². The average Bonchev–Trinajstić information content (AvgIpc) is 1.67. The Morgan fingerprint density at radius 1 is 1.60 bits per heavy atom. The summed E-state index contributed by atoms with van der Waals surface area (Å²) in [5, 5.41) is 9.62. The van der Waals surface area contributed by atoms with Crippen LogP contribution in [-0.2, 0) is 9.32 Å². The minimum atomic E-state index is -1.55. The molecule has 0 saturated carbocycles. The topological polar surface area (TPSA) is 72.4 Å². The Morgan fingerprint density at radius 2 is 2.00 bits per heavy atom. The number of rotatable bonds is 3. The van der Waals surface area contributed by atoms with Crippen LogP contribution in [0.5, 0.6) is 0 Å². The molecule has 0 aromatic rings. The van der Waals surface area contributed by atoms with Gasteiger partial charge >= 0.3 is 37.7 Å². The molecule has 0 fully saturated rings. The van der Waals surface area contributed by atoms with Crippen LogP contribution < -0.4 is 10.00 Å². The molecule has 0 bridgehead atoms. The zero-order valence-electron chi connectivity index (χ0n) is 5.55. The Kier molecular flexibility index (Phi) is 16.4. The van der Waals surface area contributed by atoms with Gasteiger partial charge in [0.25, 0.3) is 0 Å². The first-order chi connectivity index (χ1) is 3.68. The molecule has 0 aliphatic rings. The van der Waals surface area contributed by atoms with Crippen molar-refractivity contribution in [3.63, 3.8) is 0 Å². The molecule has 54 valence electrons. The van der Waals surface area contributed by atoms with Crippen LogP contribution in [0.3, 0.4) is 0 Å². The molecule has 4 nitrogen and oxygen atoms in total. The van der Waals surface area contributed by atoms with Gasteiger partial charge in [0.2, 0.25) is 0 Å². The smallest absolute Gasteiger partial charge is 0.801 e. The molecule has 0 rings (SSSR count). The minimum absolute atomic E-state index is 0. The van der Waals surface area contributed by atoms with Gasteiger partial charge in [-0.1, -0.05) is 6.58 Å². The molecule has 6 heteroatoms. The van der Waals surface area contributed by atoms with Gasteiger partial charge in [0, 0.05) is 0 Å². The van der Waals surface area contributed by atoms with Crippen molar-refractivity contribution >= 4 is 52.7 Å². The maximum absolute atomic E-state index is 9.62. The van der Waals surface area contributed by atoms with Crippen LogP contribution >= 0.6 is 9.03 Å². The zero-order valence-corrected chi connectivity index (χ0v) is 8.76. The fourth-order valence-electron chi connectivity index (χ4n) is 0.0920. The monoisotopic (exact) mass is 189 g/mol. The fourth-order valence-corrected chi connectivity index (χ4v) is 0.276. The molecule has 0 aromatic carbocycles. The summed E-state index contributed by atoms with van der Waals surface area (Å²) in [6, 6.07) is 0. The van der Waals surface area contributed by atoms with E-state index >= 15 is 0 Å². The molecule has 10 heavy (non-hydrogen) atoms. The molecular formula is C4H6CaO4P-. The van der Waals surface area contributed by atoms with Gasteiger partial charge in [-0.15, -0.1) is 0 Å². The van der Waals surface area contributed by atoms with Gasteiger partial charge < -0.3 is 26.7 Å². The molecule has 0 amide bonds. The van der Waals surface area contributed by atoms with E-state index in [2.05, 4.69) is 11.1 Å². The van der Waals surface area contributed by atoms with Crippen molar-refractivity contribution in [2.45, 2.75) is 0 Å². The van der Waals surface area contributed by atoms with Crippen LogP contribution in [0, 0.1) is 7.43 Å². The van der Waals surface area contributed by atoms with Crippen LogP contribution in [0.4, 0.5) is 0 Å². The van der Waals surface area contributed by atoms with Gasteiger partial charge in [0.15, 0.2) is 0 Å². The van der Waals surface area contributed by atoms with E-state index in [0.717, 1.165) is 0 Å². The van der Waals surface area contributed by atoms with Crippen LogP contribution in [-0.4, -0.2) is 43.7 Å². The van der Waals surface area contributed by atoms with Gasteiger partial charge in [-0.05, 0) is 9.03 Å². The minimum Gasteiger partial charge on any atom is -0.801 e. The van der Waals surface area contributed by atoms with E-state index in [4.69, 9.17) is 0 Å². The second-order valence-corrected chi connectivity index (χ2v) is 1.27. The first-order valence-corrected chi connectivity index (χ1v) is 2.44. The van der Waals surface area contributed by atoms with Crippen molar-refractivity contribution in [2.75, 3.05) is 0 Å². The number of hydrogen-bond donors (Lipinski definition) is 0. The van der Waals surface area contributed by atoms with Crippen molar-refractivity contribution in [1.82, 2.24) is 0 Å². The van der Waals surface area contributed by atoms with Gasteiger partial charge in [0.1, 0.15) is 11.7 Å². The van der Waals surface area contributed by atoms with Crippen LogP contribution in [0.1, 0.15) is 0 Å². The van der Waals surface area contributed by atoms with Crippen molar-refractivity contribution in [2.24, 2.45) is 0 Å². The number of hydrogen-bond acceptors (Lipinski definition) is 4. The van der Waals surface area contributed by atoms with Gasteiger partial charge in [-0.3, -0.25) is 0 Å². The normalized spacial score (nSPS) is 7.70. The summed E-state index contributed by atoms with van der Waals surface area (Å²) in [5.74, 6) is -2.16. The van der Waals surface area contributed by atoms with Gasteiger partial charge in [0.05, 0.1) is 0 Å². The SMILES string of the molecule is C=C(OP[O-])C(=O)[O-].[CH3-].[Ca+2]. The summed E-state index contributed by atoms with van der Waals surface area (Å²) < 4.78 is 3.92. The number of carbonyl (C=O) groups excluding carboxylic acids is 1. The Morgan fingerprint density at radius 3 is 2.10 bits per heavy atom. The maximum atomic E-state index is 9.62. The van der Waals surface area contributed by atoms with Crippen molar-refractivity contribution in [3.05, 3.63) is 19.8 Å². The van der Waals surface area contributed by atoms with Crippen LogP contribution in [0.2, 0.25) is 0 Å². The summed E-state index contributed by atoms with van der Waals surface area (Å²) in [4.78, 5) is 19.1. The molecule has 1 atom stereocenters. The Labute approximate surface area is 91.2 Å². The number of aliphatic carboxylic acids is 1. The van der Waals surface area contributed by atoms with E-state index < -0.39 is 20.8 Å². The second kappa shape index (κ2) is 9.66. The summed E-state index contributed by atoms with van der Waals surface area (Å²) in [5.41, 5.74) is 0. The second-order valence-electron chi connectivity index (χ2n) is 0.896. The van der Waals surface area contributed by atoms with E-state index in [-0.39, 0.29) is 45.2 Å². The first kappa shape index (κ1) is 17.0. The standard InChI is InChI=1S/C3H4O4P.CH3.Ca/c1-2(3(4)5)7-8-6;;/h8H,1H2,(H,4,5);1H3;/q2*-1;+2/p-1. The number of carboxylic acids is 1. The predicted octanol–water partition coefficient (Wildman–Crippen LogP) is -1.80. The van der Waals surface area contributed by atoms with Crippen molar-refractivity contribution < 1.29 is 19.3 Å². The molecule has 0 heterocycles. The summed E-state index contributed by atoms with van der Waals surface area (Å²) in [6.45, 7) is 2.87. The largest absolute Gasteiger partial charge is 2.00 e. The Bertz CT molecular complexity index is 116. The predicted molar refractivity (Wildman–Crippen MR) is 35.7 cm³/mol. The van der Waals surface area contributed by atoms with Crippen molar-refractivity contribution in [1.29, 1.82) is 0 Å². The first-order valence-electron chi connectivity index (χ1n) is 1.62. The maximum Gasteiger partial charge on any atom is 2.00 e. The van der Waals surface area contributed by atoms with E-state index in [9.17, 15) is 14.8 Å². The molecule has 0 radical (unpaired) electrons. The van der Waals surface area contributed by atoms with Crippen LogP contribution in [0.25, 0.3) is 0 Å². The van der Waals surface area contributed by atoms with E-state index in [1.165, 1.54) is 0 Å². The molecule has 0 aliphatic carbocycles. The summed E-state index contributed by atoms with van der Waals surface area (Å²) in [7, 11) is -1.14. The molecule has 0 aliphatic heterocycles. The third-order valence-electron chi connectivity index (χ3n) is 0.393. The number of carbonyl (C=O) groups is 1. The average molecular weight is 189 g/mol. The molecule has 1 unspecified atom stereocenters. The molecule has 0 spiro atoms. The Hall–Kier alpha value is 0.660. The fraction of sp³-hybridized carbons (Fsp3) is 0. The summed E-state index contributed by atoms with van der Waals surface area (Å²) >= 11 is 0. The van der Waals surface area contributed by atoms with Crippen molar-refractivity contribution in [3.8, 4) is 0 Å². The molecule has 0 N–H and O–H groups in total. The quantitative estimate of drug-likeness (QED) is 0.173. The number of carboxylic acid groups (broad SMARTS) is 1. The van der Waals surface area contributed by atoms with E-state index in [1.807, 2.05) is 0 Å². The van der Waals surface area contributed by atoms with E-state index in [0.29, 0.717) is 0 Å². The summed E-state index contributed by atoms with van der Waals surface area (Å²) in [6.07, 6.45) is 0. The molecule has 0 saturated heterocycles. The van der Waals surface area contributed by atoms with Gasteiger partial charge in [-0.2, -0.15) is 0 Å². The third-order valence-corrected chi connectivity index (χ3v) is 0.722. The van der Waals surface area contributed by atoms with E-state index in [1.54, 1.807) is 0 Å². The zero-order chi connectivity index (χ0) is 6.57. The Balaban J connectivity index is -0.000000245. The molecule has 0 aromatic heterocycles. The van der Waals surface area contributed by atoms with Crippen LogP contribution in [0.15, 0.2) is 12.3 Å².